The van der Waals surface area contributed by atoms with Crippen LogP contribution in [-0.2, 0) is 6.42 Å². The van der Waals surface area contributed by atoms with Crippen molar-refractivity contribution in [1.82, 2.24) is 9.55 Å². The Morgan fingerprint density at radius 3 is 2.88 bits per heavy atom. The van der Waals surface area contributed by atoms with E-state index in [2.05, 4.69) is 30.1 Å². The molecule has 0 saturated heterocycles. The highest BCUT2D eigenvalue weighted by Crippen LogP contribution is 2.17. The van der Waals surface area contributed by atoms with E-state index in [1.807, 2.05) is 24.0 Å². The first kappa shape index (κ1) is 10.9. The molecule has 1 heterocycles. The predicted molar refractivity (Wildman–Crippen MR) is 65.7 cm³/mol. The van der Waals surface area contributed by atoms with E-state index in [0.29, 0.717) is 0 Å². The highest BCUT2D eigenvalue weighted by atomic mass is 15.0. The Kier molecular flexibility index (Phi) is 3.06. The van der Waals surface area contributed by atoms with Crippen LogP contribution >= 0.6 is 0 Å². The van der Waals surface area contributed by atoms with Crippen molar-refractivity contribution < 1.29 is 0 Å². The molecule has 3 nitrogen and oxygen atoms in total. The number of rotatable bonds is 3. The van der Waals surface area contributed by atoms with Crippen LogP contribution in [0.15, 0.2) is 36.9 Å². The monoisotopic (exact) mass is 215 g/mol. The first-order valence-corrected chi connectivity index (χ1v) is 5.50. The molecule has 0 saturated carbocycles. The maximum atomic E-state index is 5.87. The lowest BCUT2D eigenvalue weighted by Crippen LogP contribution is -2.19. The summed E-state index contributed by atoms with van der Waals surface area (Å²) >= 11 is 0. The Labute approximate surface area is 95.9 Å². The Morgan fingerprint density at radius 2 is 2.25 bits per heavy atom. The molecule has 0 spiro atoms. The fraction of sp³-hybridized carbons (Fsp3) is 0.308. The van der Waals surface area contributed by atoms with Gasteiger partial charge in [-0.15, -0.1) is 0 Å². The summed E-state index contributed by atoms with van der Waals surface area (Å²) in [6.07, 6.45) is 6.44. The first-order chi connectivity index (χ1) is 7.66. The van der Waals surface area contributed by atoms with Crippen LogP contribution in [0.3, 0.4) is 0 Å². The number of aromatic nitrogens is 2. The summed E-state index contributed by atoms with van der Waals surface area (Å²) in [4.78, 5) is 4.07. The summed E-state index contributed by atoms with van der Waals surface area (Å²) in [5, 5.41) is 0. The molecular formula is C13H17N3. The molecular weight excluding hydrogens is 198 g/mol. The van der Waals surface area contributed by atoms with E-state index < -0.39 is 0 Å². The zero-order chi connectivity index (χ0) is 11.5. The molecule has 3 heteroatoms. The SMILES string of the molecule is Cc1ccc(-n2ccnc2)c(CC(C)N)c1. The summed E-state index contributed by atoms with van der Waals surface area (Å²) in [5.41, 5.74) is 9.57. The Bertz CT molecular complexity index is 458. The molecule has 1 atom stereocenters. The maximum Gasteiger partial charge on any atom is 0.0991 e. The molecule has 0 radical (unpaired) electrons. The van der Waals surface area contributed by atoms with Crippen molar-refractivity contribution in [3.05, 3.63) is 48.0 Å². The van der Waals surface area contributed by atoms with Gasteiger partial charge in [0.25, 0.3) is 0 Å². The fourth-order valence-corrected chi connectivity index (χ4v) is 1.88. The lowest BCUT2D eigenvalue weighted by atomic mass is 10.0. The number of hydrogen-bond donors (Lipinski definition) is 1. The van der Waals surface area contributed by atoms with Gasteiger partial charge in [0.1, 0.15) is 0 Å². The molecule has 0 fully saturated rings. The average Bonchev–Trinajstić information content (AvgIpc) is 2.69. The second kappa shape index (κ2) is 4.49. The van der Waals surface area contributed by atoms with Gasteiger partial charge in [0.2, 0.25) is 0 Å². The van der Waals surface area contributed by atoms with Gasteiger partial charge in [0, 0.05) is 24.1 Å². The van der Waals surface area contributed by atoms with Gasteiger partial charge in [-0.1, -0.05) is 17.7 Å². The maximum absolute atomic E-state index is 5.87. The summed E-state index contributed by atoms with van der Waals surface area (Å²) < 4.78 is 2.02. The number of nitrogens with two attached hydrogens (primary N) is 1. The minimum Gasteiger partial charge on any atom is -0.328 e. The molecule has 0 aliphatic rings. The van der Waals surface area contributed by atoms with Gasteiger partial charge in [0.05, 0.1) is 6.33 Å². The van der Waals surface area contributed by atoms with E-state index in [0.717, 1.165) is 6.42 Å². The normalized spacial score (nSPS) is 12.7. The number of aryl methyl sites for hydroxylation is 1. The van der Waals surface area contributed by atoms with E-state index in [9.17, 15) is 0 Å². The molecule has 2 aromatic rings. The summed E-state index contributed by atoms with van der Waals surface area (Å²) in [6, 6.07) is 6.59. The van der Waals surface area contributed by atoms with Gasteiger partial charge in [-0.3, -0.25) is 0 Å². The van der Waals surface area contributed by atoms with Gasteiger partial charge in [-0.25, -0.2) is 4.98 Å². The Hall–Kier alpha value is -1.61. The first-order valence-electron chi connectivity index (χ1n) is 5.50. The topological polar surface area (TPSA) is 43.8 Å². The molecule has 2 rings (SSSR count). The van der Waals surface area contributed by atoms with Crippen molar-refractivity contribution in [2.75, 3.05) is 0 Å². The van der Waals surface area contributed by atoms with Crippen LogP contribution in [0.1, 0.15) is 18.1 Å². The summed E-state index contributed by atoms with van der Waals surface area (Å²) in [6.45, 7) is 4.13. The molecule has 1 aromatic carbocycles. The van der Waals surface area contributed by atoms with Crippen LogP contribution in [-0.4, -0.2) is 15.6 Å². The Morgan fingerprint density at radius 1 is 1.44 bits per heavy atom. The van der Waals surface area contributed by atoms with Crippen molar-refractivity contribution >= 4 is 0 Å². The van der Waals surface area contributed by atoms with Crippen LogP contribution in [0.25, 0.3) is 5.69 Å². The molecule has 16 heavy (non-hydrogen) atoms. The van der Waals surface area contributed by atoms with Gasteiger partial charge >= 0.3 is 0 Å². The van der Waals surface area contributed by atoms with Crippen molar-refractivity contribution in [2.24, 2.45) is 5.73 Å². The van der Waals surface area contributed by atoms with Crippen LogP contribution in [0.5, 0.6) is 0 Å². The highest BCUT2D eigenvalue weighted by molar-refractivity contribution is 5.43. The second-order valence-electron chi connectivity index (χ2n) is 4.28. The minimum absolute atomic E-state index is 0.170. The van der Waals surface area contributed by atoms with Crippen LogP contribution < -0.4 is 5.73 Å². The van der Waals surface area contributed by atoms with Crippen molar-refractivity contribution in [1.29, 1.82) is 0 Å². The average molecular weight is 215 g/mol. The van der Waals surface area contributed by atoms with Gasteiger partial charge in [-0.2, -0.15) is 0 Å². The van der Waals surface area contributed by atoms with Crippen LogP contribution in [0.4, 0.5) is 0 Å². The van der Waals surface area contributed by atoms with Crippen molar-refractivity contribution in [2.45, 2.75) is 26.3 Å². The molecule has 84 valence electrons. The zero-order valence-electron chi connectivity index (χ0n) is 9.72. The standard InChI is InChI=1S/C13H17N3/c1-10-3-4-13(16-6-5-15-9-16)12(7-10)8-11(2)14/h3-7,9,11H,8,14H2,1-2H3. The largest absolute Gasteiger partial charge is 0.328 e. The lowest BCUT2D eigenvalue weighted by molar-refractivity contribution is 0.733. The zero-order valence-corrected chi connectivity index (χ0v) is 9.72. The predicted octanol–water partition coefficient (Wildman–Crippen LogP) is 2.07. The third kappa shape index (κ3) is 2.31. The van der Waals surface area contributed by atoms with E-state index in [1.165, 1.54) is 16.8 Å². The third-order valence-electron chi connectivity index (χ3n) is 2.56. The van der Waals surface area contributed by atoms with E-state index in [1.54, 1.807) is 6.20 Å². The quantitative estimate of drug-likeness (QED) is 0.851. The second-order valence-corrected chi connectivity index (χ2v) is 4.28. The minimum atomic E-state index is 0.170. The summed E-state index contributed by atoms with van der Waals surface area (Å²) in [7, 11) is 0. The number of hydrogen-bond acceptors (Lipinski definition) is 2. The molecule has 0 amide bonds. The molecule has 1 unspecified atom stereocenters. The van der Waals surface area contributed by atoms with Gasteiger partial charge in [-0.05, 0) is 31.9 Å². The molecule has 0 bridgehead atoms. The van der Waals surface area contributed by atoms with E-state index >= 15 is 0 Å². The van der Waals surface area contributed by atoms with Gasteiger partial charge in [0.15, 0.2) is 0 Å². The summed E-state index contributed by atoms with van der Waals surface area (Å²) in [5.74, 6) is 0. The molecule has 2 N–H and O–H groups in total. The highest BCUT2D eigenvalue weighted by Gasteiger charge is 2.06. The number of imidazole rings is 1. The number of benzene rings is 1. The number of nitrogens with zero attached hydrogens (tertiary/aromatic N) is 2. The Balaban J connectivity index is 2.44. The van der Waals surface area contributed by atoms with Crippen LogP contribution in [0.2, 0.25) is 0 Å². The van der Waals surface area contributed by atoms with Crippen molar-refractivity contribution in [3.63, 3.8) is 0 Å². The lowest BCUT2D eigenvalue weighted by Gasteiger charge is -2.13. The molecule has 0 aliphatic heterocycles. The third-order valence-corrected chi connectivity index (χ3v) is 2.56. The van der Waals surface area contributed by atoms with Crippen molar-refractivity contribution in [3.8, 4) is 5.69 Å². The van der Waals surface area contributed by atoms with E-state index in [4.69, 9.17) is 5.73 Å². The van der Waals surface area contributed by atoms with Gasteiger partial charge < -0.3 is 10.3 Å². The van der Waals surface area contributed by atoms with E-state index in [-0.39, 0.29) is 6.04 Å². The smallest absolute Gasteiger partial charge is 0.0991 e. The molecule has 1 aromatic heterocycles. The molecule has 0 aliphatic carbocycles. The fourth-order valence-electron chi connectivity index (χ4n) is 1.88. The van der Waals surface area contributed by atoms with Crippen LogP contribution in [0, 0.1) is 6.92 Å².